The third-order valence-electron chi connectivity index (χ3n) is 4.29. The van der Waals surface area contributed by atoms with E-state index in [4.69, 9.17) is 38.3 Å². The third kappa shape index (κ3) is 8.36. The molecule has 0 aliphatic carbocycles. The molecule has 0 aromatic heterocycles. The molecule has 14 nitrogen and oxygen atoms in total. The van der Waals surface area contributed by atoms with Gasteiger partial charge in [0.05, 0.1) is 0 Å². The number of rotatable bonds is 17. The number of carboxylic acids is 4. The van der Waals surface area contributed by atoms with Crippen molar-refractivity contribution in [1.29, 1.82) is 0 Å². The fourth-order valence-electron chi connectivity index (χ4n) is 2.28. The van der Waals surface area contributed by atoms with Gasteiger partial charge in [-0.1, -0.05) is 21.6 Å². The largest absolute Gasteiger partial charge is 0.480 e. The second kappa shape index (κ2) is 13.3. The van der Waals surface area contributed by atoms with E-state index in [0.717, 1.165) is 0 Å². The van der Waals surface area contributed by atoms with Crippen LogP contribution in [0.25, 0.3) is 0 Å². The summed E-state index contributed by atoms with van der Waals surface area (Å²) in [5, 5.41) is 36.1. The van der Waals surface area contributed by atoms with Gasteiger partial charge in [-0.3, -0.25) is 28.8 Å². The lowest BCUT2D eigenvalue weighted by Gasteiger charge is -2.33. The first-order chi connectivity index (χ1) is 14.7. The Morgan fingerprint density at radius 3 is 1.34 bits per heavy atom. The zero-order valence-corrected chi connectivity index (χ0v) is 18.3. The molecule has 182 valence electrons. The van der Waals surface area contributed by atoms with Crippen molar-refractivity contribution in [2.24, 2.45) is 22.9 Å². The molecular formula is C16H26N4O10S2. The molecule has 12 N–H and O–H groups in total. The SMILES string of the molecule is N[C@H](C(=O)O)C(SSC[C@H](N)C(=O)O)(C(=O)CC[C@H](N)C(=O)O)C(=O)CC[C@H](N)C(=O)O. The molecule has 32 heavy (non-hydrogen) atoms. The van der Waals surface area contributed by atoms with Gasteiger partial charge in [-0.15, -0.1) is 0 Å². The van der Waals surface area contributed by atoms with E-state index in [0.29, 0.717) is 21.6 Å². The molecule has 16 heteroatoms. The molecule has 0 saturated carbocycles. The summed E-state index contributed by atoms with van der Waals surface area (Å²) in [4.78, 5) is 70.4. The summed E-state index contributed by atoms with van der Waals surface area (Å²) in [6.07, 6.45) is -2.15. The molecule has 0 unspecified atom stereocenters. The van der Waals surface area contributed by atoms with Crippen LogP contribution in [0.15, 0.2) is 0 Å². The highest BCUT2D eigenvalue weighted by molar-refractivity contribution is 8.77. The number of aliphatic carboxylic acids is 4. The number of Topliss-reactive ketones (excluding diaryl/α,β-unsaturated/α-hetero) is 2. The van der Waals surface area contributed by atoms with Crippen LogP contribution in [-0.4, -0.2) is 90.5 Å². The smallest absolute Gasteiger partial charge is 0.322 e. The maximum atomic E-state index is 13.0. The number of carboxylic acid groups (broad SMARTS) is 4. The third-order valence-corrected chi connectivity index (χ3v) is 7.42. The molecule has 0 amide bonds. The fraction of sp³-hybridized carbons (Fsp3) is 0.625. The summed E-state index contributed by atoms with van der Waals surface area (Å²) < 4.78 is -2.49. The van der Waals surface area contributed by atoms with E-state index in [-0.39, 0.29) is 5.75 Å². The zero-order chi connectivity index (χ0) is 25.2. The molecule has 0 aromatic rings. The van der Waals surface area contributed by atoms with Crippen LogP contribution in [0.2, 0.25) is 0 Å². The topological polar surface area (TPSA) is 287 Å². The van der Waals surface area contributed by atoms with Crippen molar-refractivity contribution in [2.75, 3.05) is 5.75 Å². The van der Waals surface area contributed by atoms with Crippen molar-refractivity contribution in [3.8, 4) is 0 Å². The highest BCUT2D eigenvalue weighted by Gasteiger charge is 2.53. The summed E-state index contributed by atoms with van der Waals surface area (Å²) in [6.45, 7) is 0. The van der Waals surface area contributed by atoms with Gasteiger partial charge in [0.2, 0.25) is 0 Å². The number of nitrogens with two attached hydrogens (primary N) is 4. The number of hydrogen-bond donors (Lipinski definition) is 8. The van der Waals surface area contributed by atoms with Gasteiger partial charge in [-0.2, -0.15) is 0 Å². The Morgan fingerprint density at radius 1 is 0.656 bits per heavy atom. The normalized spacial score (nSPS) is 15.2. The van der Waals surface area contributed by atoms with Crippen molar-refractivity contribution in [1.82, 2.24) is 0 Å². The van der Waals surface area contributed by atoms with Crippen LogP contribution in [0.4, 0.5) is 0 Å². The van der Waals surface area contributed by atoms with Gasteiger partial charge >= 0.3 is 23.9 Å². The predicted octanol–water partition coefficient (Wildman–Crippen LogP) is -2.55. The lowest BCUT2D eigenvalue weighted by molar-refractivity contribution is -0.145. The molecule has 0 aliphatic heterocycles. The zero-order valence-electron chi connectivity index (χ0n) is 16.7. The van der Waals surface area contributed by atoms with Crippen molar-refractivity contribution in [3.63, 3.8) is 0 Å². The maximum absolute atomic E-state index is 13.0. The standard InChI is InChI=1S/C16H26N4O10S2/c17-6(12(23)24)1-3-9(21)16(11(20)15(29)30,32-31-5-8(19)14(27)28)10(22)4-2-7(18)13(25)26/h6-8,11H,1-5,17-20H2,(H,23,24)(H,25,26)(H,27,28)(H,29,30)/t6-,7-,8-,11+/m0/s1. The Kier molecular flexibility index (Phi) is 12.4. The van der Waals surface area contributed by atoms with Gasteiger partial charge in [-0.05, 0) is 12.8 Å². The lowest BCUT2D eigenvalue weighted by Crippen LogP contribution is -2.60. The van der Waals surface area contributed by atoms with Crippen LogP contribution in [0.3, 0.4) is 0 Å². The van der Waals surface area contributed by atoms with Crippen LogP contribution in [0.1, 0.15) is 25.7 Å². The number of carbonyl (C=O) groups excluding carboxylic acids is 2. The first-order valence-electron chi connectivity index (χ1n) is 8.99. The van der Waals surface area contributed by atoms with Gasteiger partial charge < -0.3 is 43.4 Å². The van der Waals surface area contributed by atoms with E-state index in [9.17, 15) is 33.9 Å². The first kappa shape index (κ1) is 29.8. The number of ketones is 2. The molecule has 0 rings (SSSR count). The molecule has 0 spiro atoms. The summed E-state index contributed by atoms with van der Waals surface area (Å²) >= 11 is 0. The van der Waals surface area contributed by atoms with E-state index in [2.05, 4.69) is 0 Å². The molecule has 4 atom stereocenters. The van der Waals surface area contributed by atoms with Gasteiger partial charge in [-0.25, -0.2) is 0 Å². The maximum Gasteiger partial charge on any atom is 0.322 e. The molecular weight excluding hydrogens is 472 g/mol. The Balaban J connectivity index is 6.02. The van der Waals surface area contributed by atoms with Crippen LogP contribution >= 0.6 is 21.6 Å². The van der Waals surface area contributed by atoms with Crippen LogP contribution in [-0.2, 0) is 28.8 Å². The monoisotopic (exact) mass is 498 g/mol. The number of hydrogen-bond acceptors (Lipinski definition) is 12. The average molecular weight is 499 g/mol. The summed E-state index contributed by atoms with van der Waals surface area (Å²) in [7, 11) is 0.990. The van der Waals surface area contributed by atoms with Gasteiger partial charge in [0.15, 0.2) is 16.3 Å². The minimum Gasteiger partial charge on any atom is -0.480 e. The minimum absolute atomic E-state index is 0.335. The van der Waals surface area contributed by atoms with Gasteiger partial charge in [0, 0.05) is 18.6 Å². The lowest BCUT2D eigenvalue weighted by atomic mass is 9.84. The Bertz CT molecular complexity index is 714. The molecule has 0 bridgehead atoms. The van der Waals surface area contributed by atoms with Crippen molar-refractivity contribution in [2.45, 2.75) is 54.6 Å². The van der Waals surface area contributed by atoms with Crippen LogP contribution in [0, 0.1) is 0 Å². The fourth-order valence-corrected chi connectivity index (χ4v) is 5.49. The predicted molar refractivity (Wildman–Crippen MR) is 114 cm³/mol. The highest BCUT2D eigenvalue weighted by Crippen LogP contribution is 2.42. The second-order valence-electron chi connectivity index (χ2n) is 6.68. The summed E-state index contributed by atoms with van der Waals surface area (Å²) in [5.41, 5.74) is 21.8. The van der Waals surface area contributed by atoms with E-state index in [1.54, 1.807) is 0 Å². The first-order valence-corrected chi connectivity index (χ1v) is 11.3. The quantitative estimate of drug-likeness (QED) is 0.0756. The molecule has 0 radical (unpaired) electrons. The minimum atomic E-state index is -2.49. The Labute approximate surface area is 189 Å². The molecule has 0 saturated heterocycles. The van der Waals surface area contributed by atoms with E-state index < -0.39 is 90.0 Å². The van der Waals surface area contributed by atoms with Crippen molar-refractivity contribution < 1.29 is 49.2 Å². The molecule has 0 aliphatic rings. The van der Waals surface area contributed by atoms with Gasteiger partial charge in [0.1, 0.15) is 24.2 Å². The van der Waals surface area contributed by atoms with Crippen LogP contribution < -0.4 is 22.9 Å². The van der Waals surface area contributed by atoms with Crippen molar-refractivity contribution >= 4 is 57.0 Å². The summed E-state index contributed by atoms with van der Waals surface area (Å²) in [5.74, 6) is -8.44. The Morgan fingerprint density at radius 2 is 1.03 bits per heavy atom. The molecule has 0 heterocycles. The van der Waals surface area contributed by atoms with E-state index >= 15 is 0 Å². The van der Waals surface area contributed by atoms with Crippen LogP contribution in [0.5, 0.6) is 0 Å². The summed E-state index contributed by atoms with van der Waals surface area (Å²) in [6, 6.07) is -6.49. The second-order valence-corrected chi connectivity index (χ2v) is 9.26. The van der Waals surface area contributed by atoms with E-state index in [1.807, 2.05) is 0 Å². The van der Waals surface area contributed by atoms with E-state index in [1.165, 1.54) is 0 Å². The Hall–Kier alpha value is -2.24. The highest BCUT2D eigenvalue weighted by atomic mass is 33.1. The molecule has 0 fully saturated rings. The molecule has 0 aromatic carbocycles. The average Bonchev–Trinajstić information content (AvgIpc) is 2.71. The number of carbonyl (C=O) groups is 6. The van der Waals surface area contributed by atoms with Crippen molar-refractivity contribution in [3.05, 3.63) is 0 Å². The van der Waals surface area contributed by atoms with Gasteiger partial charge in [0.25, 0.3) is 0 Å².